The van der Waals surface area contributed by atoms with Gasteiger partial charge < -0.3 is 10.5 Å². The van der Waals surface area contributed by atoms with Crippen LogP contribution in [0.3, 0.4) is 0 Å². The first-order valence-electron chi connectivity index (χ1n) is 7.45. The average Bonchev–Trinajstić information content (AvgIpc) is 2.42. The lowest BCUT2D eigenvalue weighted by atomic mass is 9.64. The highest BCUT2D eigenvalue weighted by molar-refractivity contribution is 5.86. The Hall–Kier alpha value is -1.38. The number of ether oxygens (including phenoxy) is 1. The van der Waals surface area contributed by atoms with Gasteiger partial charge >= 0.3 is 0 Å². The van der Waals surface area contributed by atoms with Crippen molar-refractivity contribution in [3.05, 3.63) is 48.0 Å². The summed E-state index contributed by atoms with van der Waals surface area (Å²) in [6.07, 6.45) is 0. The summed E-state index contributed by atoms with van der Waals surface area (Å²) in [6.45, 7) is 6.83. The SMILES string of the molecule is CC(C)C(CN)C1(c2cccc3ccccc23)COC1. The fraction of sp³-hybridized carbons (Fsp3) is 0.444. The van der Waals surface area contributed by atoms with Gasteiger partial charge in [-0.15, -0.1) is 0 Å². The predicted molar refractivity (Wildman–Crippen MR) is 83.8 cm³/mol. The molecule has 0 aromatic heterocycles. The standard InChI is InChI=1S/C18H23NO/c1-13(2)17(10-19)18(11-20-12-18)16-9-5-7-14-6-3-4-8-15(14)16/h3-9,13,17H,10-12,19H2,1-2H3. The predicted octanol–water partition coefficient (Wildman–Crippen LogP) is 3.34. The fourth-order valence-electron chi connectivity index (χ4n) is 3.69. The number of hydrogen-bond acceptors (Lipinski definition) is 2. The molecule has 0 saturated carbocycles. The van der Waals surface area contributed by atoms with Gasteiger partial charge in [-0.1, -0.05) is 56.3 Å². The van der Waals surface area contributed by atoms with Gasteiger partial charge in [0, 0.05) is 5.41 Å². The van der Waals surface area contributed by atoms with Gasteiger partial charge in [-0.25, -0.2) is 0 Å². The first-order valence-corrected chi connectivity index (χ1v) is 7.45. The second-order valence-corrected chi connectivity index (χ2v) is 6.26. The quantitative estimate of drug-likeness (QED) is 0.924. The Morgan fingerprint density at radius 1 is 1.10 bits per heavy atom. The summed E-state index contributed by atoms with van der Waals surface area (Å²) >= 11 is 0. The molecule has 1 atom stereocenters. The summed E-state index contributed by atoms with van der Waals surface area (Å²) in [7, 11) is 0. The smallest absolute Gasteiger partial charge is 0.0589 e. The third-order valence-corrected chi connectivity index (χ3v) is 4.81. The zero-order valence-corrected chi connectivity index (χ0v) is 12.3. The van der Waals surface area contributed by atoms with E-state index >= 15 is 0 Å². The van der Waals surface area contributed by atoms with Gasteiger partial charge in [0.25, 0.3) is 0 Å². The lowest BCUT2D eigenvalue weighted by molar-refractivity contribution is -0.0974. The van der Waals surface area contributed by atoms with Gasteiger partial charge in [0.1, 0.15) is 0 Å². The monoisotopic (exact) mass is 269 g/mol. The molecular weight excluding hydrogens is 246 g/mol. The highest BCUT2D eigenvalue weighted by Crippen LogP contribution is 2.44. The van der Waals surface area contributed by atoms with Gasteiger partial charge in [0.05, 0.1) is 13.2 Å². The van der Waals surface area contributed by atoms with E-state index in [1.807, 2.05) is 0 Å². The summed E-state index contributed by atoms with van der Waals surface area (Å²) in [6, 6.07) is 15.2. The van der Waals surface area contributed by atoms with Crippen LogP contribution in [-0.2, 0) is 10.2 Å². The van der Waals surface area contributed by atoms with Crippen molar-refractivity contribution in [2.75, 3.05) is 19.8 Å². The van der Waals surface area contributed by atoms with Gasteiger partial charge in [0.15, 0.2) is 0 Å². The minimum atomic E-state index is 0.0871. The Kier molecular flexibility index (Phi) is 3.53. The fourth-order valence-corrected chi connectivity index (χ4v) is 3.69. The summed E-state index contributed by atoms with van der Waals surface area (Å²) in [5.74, 6) is 1.02. The Morgan fingerprint density at radius 2 is 1.80 bits per heavy atom. The van der Waals surface area contributed by atoms with Crippen LogP contribution in [0.25, 0.3) is 10.8 Å². The van der Waals surface area contributed by atoms with Crippen molar-refractivity contribution in [1.82, 2.24) is 0 Å². The molecule has 2 nitrogen and oxygen atoms in total. The molecule has 1 saturated heterocycles. The van der Waals surface area contributed by atoms with Crippen LogP contribution in [0.1, 0.15) is 19.4 Å². The molecule has 2 N–H and O–H groups in total. The van der Waals surface area contributed by atoms with E-state index in [0.29, 0.717) is 18.4 Å². The molecule has 1 aliphatic heterocycles. The van der Waals surface area contributed by atoms with E-state index in [-0.39, 0.29) is 5.41 Å². The Balaban J connectivity index is 2.17. The Morgan fingerprint density at radius 3 is 2.40 bits per heavy atom. The second kappa shape index (κ2) is 5.19. The van der Waals surface area contributed by atoms with Crippen LogP contribution >= 0.6 is 0 Å². The topological polar surface area (TPSA) is 35.2 Å². The van der Waals surface area contributed by atoms with E-state index in [2.05, 4.69) is 56.3 Å². The molecule has 106 valence electrons. The van der Waals surface area contributed by atoms with E-state index in [1.165, 1.54) is 16.3 Å². The van der Waals surface area contributed by atoms with Crippen molar-refractivity contribution in [2.24, 2.45) is 17.6 Å². The van der Waals surface area contributed by atoms with Crippen LogP contribution < -0.4 is 5.73 Å². The molecule has 0 radical (unpaired) electrons. The molecule has 1 aliphatic rings. The van der Waals surface area contributed by atoms with E-state index in [0.717, 1.165) is 13.2 Å². The maximum Gasteiger partial charge on any atom is 0.0589 e. The van der Waals surface area contributed by atoms with Crippen molar-refractivity contribution in [1.29, 1.82) is 0 Å². The third-order valence-electron chi connectivity index (χ3n) is 4.81. The van der Waals surface area contributed by atoms with E-state index in [4.69, 9.17) is 10.5 Å². The van der Waals surface area contributed by atoms with Crippen LogP contribution in [0.4, 0.5) is 0 Å². The number of nitrogens with two attached hydrogens (primary N) is 1. The summed E-state index contributed by atoms with van der Waals surface area (Å²) in [5.41, 5.74) is 7.59. The molecule has 0 amide bonds. The van der Waals surface area contributed by atoms with Crippen molar-refractivity contribution < 1.29 is 4.74 Å². The minimum absolute atomic E-state index is 0.0871. The molecule has 20 heavy (non-hydrogen) atoms. The number of fused-ring (bicyclic) bond motifs is 1. The zero-order valence-electron chi connectivity index (χ0n) is 12.3. The first kappa shape index (κ1) is 13.6. The molecule has 2 aromatic carbocycles. The maximum atomic E-state index is 6.10. The van der Waals surface area contributed by atoms with E-state index in [1.54, 1.807) is 0 Å². The lowest BCUT2D eigenvalue weighted by Gasteiger charge is -2.49. The highest BCUT2D eigenvalue weighted by Gasteiger charge is 2.48. The molecule has 0 aliphatic carbocycles. The van der Waals surface area contributed by atoms with Gasteiger partial charge in [-0.05, 0) is 34.7 Å². The normalized spacial score (nSPS) is 19.0. The van der Waals surface area contributed by atoms with Crippen LogP contribution in [0.15, 0.2) is 42.5 Å². The van der Waals surface area contributed by atoms with Crippen LogP contribution in [0.5, 0.6) is 0 Å². The minimum Gasteiger partial charge on any atom is -0.379 e. The number of hydrogen-bond donors (Lipinski definition) is 1. The molecule has 3 rings (SSSR count). The lowest BCUT2D eigenvalue weighted by Crippen LogP contribution is -2.56. The molecule has 1 fully saturated rings. The molecule has 2 aromatic rings. The van der Waals surface area contributed by atoms with Gasteiger partial charge in [-0.3, -0.25) is 0 Å². The zero-order chi connectivity index (χ0) is 14.2. The Bertz CT molecular complexity index is 596. The van der Waals surface area contributed by atoms with Gasteiger partial charge in [-0.2, -0.15) is 0 Å². The highest BCUT2D eigenvalue weighted by atomic mass is 16.5. The molecule has 0 bridgehead atoms. The van der Waals surface area contributed by atoms with Crippen molar-refractivity contribution >= 4 is 10.8 Å². The second-order valence-electron chi connectivity index (χ2n) is 6.26. The summed E-state index contributed by atoms with van der Waals surface area (Å²) < 4.78 is 5.62. The number of rotatable bonds is 4. The maximum absolute atomic E-state index is 6.10. The third kappa shape index (κ3) is 1.95. The van der Waals surface area contributed by atoms with E-state index in [9.17, 15) is 0 Å². The van der Waals surface area contributed by atoms with Crippen molar-refractivity contribution in [3.8, 4) is 0 Å². The van der Waals surface area contributed by atoms with E-state index < -0.39 is 0 Å². The molecule has 1 unspecified atom stereocenters. The molecule has 0 spiro atoms. The first-order chi connectivity index (χ1) is 9.69. The number of benzene rings is 2. The molecule has 1 heterocycles. The van der Waals surface area contributed by atoms with Gasteiger partial charge in [0.2, 0.25) is 0 Å². The molecule has 2 heteroatoms. The van der Waals surface area contributed by atoms with Crippen LogP contribution in [0.2, 0.25) is 0 Å². The largest absolute Gasteiger partial charge is 0.379 e. The summed E-state index contributed by atoms with van der Waals surface area (Å²) in [4.78, 5) is 0. The van der Waals surface area contributed by atoms with Crippen LogP contribution in [0, 0.1) is 11.8 Å². The average molecular weight is 269 g/mol. The van der Waals surface area contributed by atoms with Crippen LogP contribution in [-0.4, -0.2) is 19.8 Å². The van der Waals surface area contributed by atoms with Crippen molar-refractivity contribution in [3.63, 3.8) is 0 Å². The summed E-state index contributed by atoms with van der Waals surface area (Å²) in [5, 5.41) is 2.65. The van der Waals surface area contributed by atoms with Crippen molar-refractivity contribution in [2.45, 2.75) is 19.3 Å². The molecular formula is C18H23NO. The Labute approximate surface area is 120 Å².